The van der Waals surface area contributed by atoms with Gasteiger partial charge in [-0.1, -0.05) is 30.1 Å². The third-order valence-corrected chi connectivity index (χ3v) is 3.21. The van der Waals surface area contributed by atoms with Crippen LogP contribution < -0.4 is 0 Å². The van der Waals surface area contributed by atoms with Crippen LogP contribution in [0.1, 0.15) is 51.9 Å². The summed E-state index contributed by atoms with van der Waals surface area (Å²) in [6.45, 7) is 2.28. The van der Waals surface area contributed by atoms with Gasteiger partial charge in [0.1, 0.15) is 0 Å². The maximum atomic E-state index is 2.41. The van der Waals surface area contributed by atoms with Crippen LogP contribution in [0.25, 0.3) is 0 Å². The Morgan fingerprint density at radius 2 is 1.75 bits per heavy atom. The Bertz CT molecular complexity index is 230. The molecule has 0 nitrogen and oxygen atoms in total. The molecule has 12 heavy (non-hydrogen) atoms. The first-order valence-corrected chi connectivity index (χ1v) is 5.26. The van der Waals surface area contributed by atoms with Crippen molar-refractivity contribution in [2.24, 2.45) is 0 Å². The normalized spacial score (nSPS) is 24.6. The van der Waals surface area contributed by atoms with Crippen LogP contribution >= 0.6 is 0 Å². The van der Waals surface area contributed by atoms with Gasteiger partial charge in [0.05, 0.1) is 0 Å². The summed E-state index contributed by atoms with van der Waals surface area (Å²) in [7, 11) is 0. The lowest BCUT2D eigenvalue weighted by Crippen LogP contribution is -1.93. The van der Waals surface area contributed by atoms with Crippen molar-refractivity contribution in [1.82, 2.24) is 0 Å². The Balaban J connectivity index is 2.15. The monoisotopic (exact) mass is 162 g/mol. The largest absolute Gasteiger partial charge is 0.0772 e. The van der Waals surface area contributed by atoms with Gasteiger partial charge in [-0.05, 0) is 44.6 Å². The van der Waals surface area contributed by atoms with E-state index in [4.69, 9.17) is 0 Å². The van der Waals surface area contributed by atoms with Crippen LogP contribution in [0.5, 0.6) is 0 Å². The van der Waals surface area contributed by atoms with Crippen LogP contribution in [0.4, 0.5) is 0 Å². The van der Waals surface area contributed by atoms with Crippen LogP contribution in [0, 0.1) is 0 Å². The Morgan fingerprint density at radius 1 is 1.00 bits per heavy atom. The van der Waals surface area contributed by atoms with Crippen LogP contribution in [-0.2, 0) is 0 Å². The number of hydrogen-bond acceptors (Lipinski definition) is 0. The number of hydrogen-bond donors (Lipinski definition) is 0. The molecule has 66 valence electrons. The quantitative estimate of drug-likeness (QED) is 0.505. The number of rotatable bonds is 0. The lowest BCUT2D eigenvalue weighted by atomic mass is 9.93. The molecule has 0 aliphatic heterocycles. The fourth-order valence-corrected chi connectivity index (χ4v) is 2.42. The molecule has 0 aromatic heterocycles. The highest BCUT2D eigenvalue weighted by atomic mass is 14.2. The third kappa shape index (κ3) is 1.48. The highest BCUT2D eigenvalue weighted by Crippen LogP contribution is 2.34. The van der Waals surface area contributed by atoms with Crippen LogP contribution in [-0.4, -0.2) is 0 Å². The van der Waals surface area contributed by atoms with E-state index in [-0.39, 0.29) is 0 Å². The summed E-state index contributed by atoms with van der Waals surface area (Å²) in [6.07, 6.45) is 12.2. The summed E-state index contributed by atoms with van der Waals surface area (Å²) in [6, 6.07) is 0. The van der Waals surface area contributed by atoms with Crippen molar-refractivity contribution in [2.45, 2.75) is 51.9 Å². The standard InChI is InChI=1S/C12H18/c1-10-8-9-11-6-4-2-3-5-7-12(10)11/h8H,2-7,9H2,1H3. The molecule has 0 heteroatoms. The summed E-state index contributed by atoms with van der Waals surface area (Å²) in [5.41, 5.74) is 5.05. The Morgan fingerprint density at radius 3 is 2.58 bits per heavy atom. The van der Waals surface area contributed by atoms with Gasteiger partial charge in [-0.2, -0.15) is 0 Å². The lowest BCUT2D eigenvalue weighted by molar-refractivity contribution is 0.613. The summed E-state index contributed by atoms with van der Waals surface area (Å²) in [5, 5.41) is 0. The highest BCUT2D eigenvalue weighted by Gasteiger charge is 2.15. The van der Waals surface area contributed by atoms with Crippen LogP contribution in [0.15, 0.2) is 22.8 Å². The molecule has 0 aromatic carbocycles. The molecule has 0 spiro atoms. The zero-order valence-electron chi connectivity index (χ0n) is 8.03. The fraction of sp³-hybridized carbons (Fsp3) is 0.667. The minimum atomic E-state index is 1.27. The molecular weight excluding hydrogens is 144 g/mol. The first kappa shape index (κ1) is 8.10. The van der Waals surface area contributed by atoms with E-state index in [1.54, 1.807) is 16.7 Å². The van der Waals surface area contributed by atoms with Crippen LogP contribution in [0.2, 0.25) is 0 Å². The first-order valence-electron chi connectivity index (χ1n) is 5.26. The SMILES string of the molecule is CC1=CCC2=C1CCCCCC2. The molecule has 2 rings (SSSR count). The predicted octanol–water partition coefficient (Wildman–Crippen LogP) is 3.99. The van der Waals surface area contributed by atoms with Gasteiger partial charge < -0.3 is 0 Å². The second kappa shape index (κ2) is 3.47. The van der Waals surface area contributed by atoms with Gasteiger partial charge >= 0.3 is 0 Å². The molecule has 0 N–H and O–H groups in total. The summed E-state index contributed by atoms with van der Waals surface area (Å²) in [4.78, 5) is 0. The maximum Gasteiger partial charge on any atom is -0.0127 e. The molecule has 0 radical (unpaired) electrons. The van der Waals surface area contributed by atoms with Gasteiger partial charge in [-0.15, -0.1) is 0 Å². The smallest absolute Gasteiger partial charge is 0.0127 e. The minimum Gasteiger partial charge on any atom is -0.0772 e. The highest BCUT2D eigenvalue weighted by molar-refractivity contribution is 5.41. The lowest BCUT2D eigenvalue weighted by Gasteiger charge is -2.13. The molecule has 2 aliphatic rings. The zero-order valence-corrected chi connectivity index (χ0v) is 8.03. The predicted molar refractivity (Wildman–Crippen MR) is 53.1 cm³/mol. The topological polar surface area (TPSA) is 0 Å². The molecule has 0 bridgehead atoms. The van der Waals surface area contributed by atoms with Crippen molar-refractivity contribution in [3.63, 3.8) is 0 Å². The Kier molecular flexibility index (Phi) is 2.34. The van der Waals surface area contributed by atoms with Crippen molar-refractivity contribution in [3.05, 3.63) is 22.8 Å². The fourth-order valence-electron chi connectivity index (χ4n) is 2.42. The van der Waals surface area contributed by atoms with E-state index < -0.39 is 0 Å². The van der Waals surface area contributed by atoms with Crippen molar-refractivity contribution in [2.75, 3.05) is 0 Å². The van der Waals surface area contributed by atoms with E-state index in [2.05, 4.69) is 13.0 Å². The van der Waals surface area contributed by atoms with Gasteiger partial charge in [-0.3, -0.25) is 0 Å². The van der Waals surface area contributed by atoms with Gasteiger partial charge in [0.15, 0.2) is 0 Å². The van der Waals surface area contributed by atoms with Crippen molar-refractivity contribution in [1.29, 1.82) is 0 Å². The molecule has 0 unspecified atom stereocenters. The second-order valence-corrected chi connectivity index (χ2v) is 4.09. The average molecular weight is 162 g/mol. The molecule has 0 fully saturated rings. The van der Waals surface area contributed by atoms with E-state index in [9.17, 15) is 0 Å². The van der Waals surface area contributed by atoms with Crippen molar-refractivity contribution >= 4 is 0 Å². The first-order chi connectivity index (χ1) is 5.88. The third-order valence-electron chi connectivity index (χ3n) is 3.21. The molecule has 0 amide bonds. The van der Waals surface area contributed by atoms with E-state index in [0.717, 1.165) is 0 Å². The summed E-state index contributed by atoms with van der Waals surface area (Å²) in [5.74, 6) is 0. The van der Waals surface area contributed by atoms with Gasteiger partial charge in [0.2, 0.25) is 0 Å². The second-order valence-electron chi connectivity index (χ2n) is 4.09. The molecular formula is C12H18. The molecule has 0 saturated heterocycles. The maximum absolute atomic E-state index is 2.41. The molecule has 0 heterocycles. The Hall–Kier alpha value is -0.520. The minimum absolute atomic E-state index is 1.27. The van der Waals surface area contributed by atoms with Crippen molar-refractivity contribution in [3.8, 4) is 0 Å². The Labute approximate surface area is 75.4 Å². The van der Waals surface area contributed by atoms with E-state index in [1.165, 1.54) is 44.9 Å². The van der Waals surface area contributed by atoms with E-state index in [0.29, 0.717) is 0 Å². The average Bonchev–Trinajstić information content (AvgIpc) is 2.31. The van der Waals surface area contributed by atoms with E-state index >= 15 is 0 Å². The van der Waals surface area contributed by atoms with E-state index in [1.807, 2.05) is 0 Å². The van der Waals surface area contributed by atoms with Crippen molar-refractivity contribution < 1.29 is 0 Å². The van der Waals surface area contributed by atoms with Gasteiger partial charge in [0.25, 0.3) is 0 Å². The molecule has 0 saturated carbocycles. The summed E-state index contributed by atoms with van der Waals surface area (Å²) >= 11 is 0. The molecule has 0 atom stereocenters. The van der Waals surface area contributed by atoms with Gasteiger partial charge in [0, 0.05) is 0 Å². The zero-order chi connectivity index (χ0) is 8.39. The van der Waals surface area contributed by atoms with Gasteiger partial charge in [-0.25, -0.2) is 0 Å². The number of allylic oxidation sites excluding steroid dienone is 4. The molecule has 2 aliphatic carbocycles. The summed E-state index contributed by atoms with van der Waals surface area (Å²) < 4.78 is 0. The van der Waals surface area contributed by atoms with Crippen LogP contribution in [0.3, 0.4) is 0 Å². The molecule has 0 aromatic rings.